The van der Waals surface area contributed by atoms with Crippen LogP contribution in [0.15, 0.2) is 18.2 Å². The third-order valence-electron chi connectivity index (χ3n) is 6.32. The van der Waals surface area contributed by atoms with Crippen molar-refractivity contribution in [1.82, 2.24) is 20.4 Å². The van der Waals surface area contributed by atoms with Crippen molar-refractivity contribution in [2.24, 2.45) is 5.92 Å². The molecule has 1 aromatic carbocycles. The minimum Gasteiger partial charge on any atom is -0.483 e. The number of nitrogens with one attached hydrogen (secondary N) is 2. The third kappa shape index (κ3) is 8.89. The van der Waals surface area contributed by atoms with Crippen molar-refractivity contribution < 1.29 is 23.9 Å². The predicted molar refractivity (Wildman–Crippen MR) is 148 cm³/mol. The lowest BCUT2D eigenvalue weighted by Gasteiger charge is -2.33. The summed E-state index contributed by atoms with van der Waals surface area (Å²) >= 11 is 6.14. The summed E-state index contributed by atoms with van der Waals surface area (Å²) in [5.74, 6) is -0.978. The van der Waals surface area contributed by atoms with Crippen LogP contribution in [-0.4, -0.2) is 77.3 Å². The lowest BCUT2D eigenvalue weighted by molar-refractivity contribution is -0.145. The topological polar surface area (TPSA) is 108 Å². The SMILES string of the molecule is CC(C)CC(NC(=O)c1ccc(Cl)cc1OCC(=O)NC(C)(C)C)C(=O)N1CCCC1C(=O)N(C)C(C)C. The van der Waals surface area contributed by atoms with Gasteiger partial charge in [-0.25, -0.2) is 0 Å². The van der Waals surface area contributed by atoms with Crippen molar-refractivity contribution in [2.45, 2.75) is 91.4 Å². The van der Waals surface area contributed by atoms with Gasteiger partial charge in [-0.15, -0.1) is 0 Å². The standard InChI is InChI=1S/C28H43ClN4O5/c1-17(2)14-21(26(36)33-13-9-10-22(33)27(37)32(8)18(3)4)30-25(35)20-12-11-19(29)15-23(20)38-16-24(34)31-28(5,6)7/h11-12,15,17-18,21-22H,9-10,13-14,16H2,1-8H3,(H,30,35)(H,31,34). The van der Waals surface area contributed by atoms with Crippen LogP contribution in [0.25, 0.3) is 0 Å². The Morgan fingerprint density at radius 3 is 2.39 bits per heavy atom. The smallest absolute Gasteiger partial charge is 0.258 e. The van der Waals surface area contributed by atoms with Crippen LogP contribution in [0.5, 0.6) is 5.75 Å². The maximum atomic E-state index is 13.7. The summed E-state index contributed by atoms with van der Waals surface area (Å²) in [5, 5.41) is 6.00. The molecule has 1 fully saturated rings. The summed E-state index contributed by atoms with van der Waals surface area (Å²) in [6, 6.07) is 3.17. The van der Waals surface area contributed by atoms with E-state index in [-0.39, 0.29) is 47.6 Å². The van der Waals surface area contributed by atoms with Gasteiger partial charge in [0.15, 0.2) is 6.61 Å². The summed E-state index contributed by atoms with van der Waals surface area (Å²) in [5.41, 5.74) is -0.272. The van der Waals surface area contributed by atoms with Crippen molar-refractivity contribution in [1.29, 1.82) is 0 Å². The average molecular weight is 551 g/mol. The van der Waals surface area contributed by atoms with Crippen molar-refractivity contribution >= 4 is 35.2 Å². The lowest BCUT2D eigenvalue weighted by Crippen LogP contribution is -2.54. The van der Waals surface area contributed by atoms with Crippen LogP contribution in [0, 0.1) is 5.92 Å². The number of likely N-dealkylation sites (N-methyl/N-ethyl adjacent to an activating group) is 1. The number of hydrogen-bond donors (Lipinski definition) is 2. The van der Waals surface area contributed by atoms with Gasteiger partial charge in [-0.1, -0.05) is 25.4 Å². The van der Waals surface area contributed by atoms with Crippen LogP contribution in [-0.2, 0) is 14.4 Å². The molecular weight excluding hydrogens is 508 g/mol. The number of carbonyl (C=O) groups excluding carboxylic acids is 4. The molecule has 0 spiro atoms. The highest BCUT2D eigenvalue weighted by Crippen LogP contribution is 2.26. The fourth-order valence-electron chi connectivity index (χ4n) is 4.31. The first-order valence-electron chi connectivity index (χ1n) is 13.2. The second kappa shape index (κ2) is 13.3. The first-order valence-corrected chi connectivity index (χ1v) is 13.6. The Kier molecular flexibility index (Phi) is 11.0. The number of hydrogen-bond acceptors (Lipinski definition) is 5. The van der Waals surface area contributed by atoms with Crippen LogP contribution >= 0.6 is 11.6 Å². The second-order valence-corrected chi connectivity index (χ2v) is 12.1. The monoisotopic (exact) mass is 550 g/mol. The van der Waals surface area contributed by atoms with Crippen LogP contribution in [0.3, 0.4) is 0 Å². The van der Waals surface area contributed by atoms with Gasteiger partial charge in [0.1, 0.15) is 17.8 Å². The molecule has 0 bridgehead atoms. The molecule has 0 aliphatic carbocycles. The molecule has 1 heterocycles. The molecule has 1 aliphatic rings. The van der Waals surface area contributed by atoms with Crippen molar-refractivity contribution in [3.8, 4) is 5.75 Å². The molecule has 2 N–H and O–H groups in total. The maximum absolute atomic E-state index is 13.7. The number of carbonyl (C=O) groups is 4. The molecule has 2 unspecified atom stereocenters. The largest absolute Gasteiger partial charge is 0.483 e. The normalized spacial score (nSPS) is 16.4. The molecule has 2 rings (SSSR count). The third-order valence-corrected chi connectivity index (χ3v) is 6.55. The van der Waals surface area contributed by atoms with Gasteiger partial charge in [0.05, 0.1) is 5.56 Å². The molecule has 4 amide bonds. The van der Waals surface area contributed by atoms with Gasteiger partial charge in [-0.2, -0.15) is 0 Å². The molecule has 0 aromatic heterocycles. The van der Waals surface area contributed by atoms with Gasteiger partial charge >= 0.3 is 0 Å². The first-order chi connectivity index (χ1) is 17.6. The molecule has 1 aliphatic heterocycles. The van der Waals surface area contributed by atoms with Gasteiger partial charge in [0.2, 0.25) is 11.8 Å². The van der Waals surface area contributed by atoms with Crippen LogP contribution < -0.4 is 15.4 Å². The number of amides is 4. The van der Waals surface area contributed by atoms with E-state index in [0.29, 0.717) is 24.4 Å². The zero-order valence-electron chi connectivity index (χ0n) is 23.9. The zero-order valence-corrected chi connectivity index (χ0v) is 24.6. The molecule has 9 nitrogen and oxygen atoms in total. The lowest BCUT2D eigenvalue weighted by atomic mass is 10.0. The van der Waals surface area contributed by atoms with Gasteiger partial charge in [0, 0.05) is 30.2 Å². The molecule has 1 aromatic rings. The molecule has 38 heavy (non-hydrogen) atoms. The van der Waals surface area contributed by atoms with Crippen molar-refractivity contribution in [2.75, 3.05) is 20.2 Å². The van der Waals surface area contributed by atoms with Crippen LogP contribution in [0.1, 0.15) is 78.1 Å². The summed E-state index contributed by atoms with van der Waals surface area (Å²) in [4.78, 5) is 55.6. The van der Waals surface area contributed by atoms with Crippen LogP contribution in [0.2, 0.25) is 5.02 Å². The zero-order chi connectivity index (χ0) is 28.8. The highest BCUT2D eigenvalue weighted by Gasteiger charge is 2.39. The first kappa shape index (κ1) is 31.4. The van der Waals surface area contributed by atoms with Gasteiger partial charge in [-0.3, -0.25) is 19.2 Å². The van der Waals surface area contributed by atoms with E-state index in [2.05, 4.69) is 10.6 Å². The molecule has 10 heteroatoms. The second-order valence-electron chi connectivity index (χ2n) is 11.6. The van der Waals surface area contributed by atoms with E-state index in [9.17, 15) is 19.2 Å². The van der Waals surface area contributed by atoms with Crippen molar-refractivity contribution in [3.63, 3.8) is 0 Å². The number of rotatable bonds is 10. The maximum Gasteiger partial charge on any atom is 0.258 e. The van der Waals surface area contributed by atoms with E-state index in [4.69, 9.17) is 16.3 Å². The minimum absolute atomic E-state index is 0.0139. The highest BCUT2D eigenvalue weighted by atomic mass is 35.5. The molecule has 212 valence electrons. The minimum atomic E-state index is -0.826. The Balaban J connectivity index is 2.24. The van der Waals surface area contributed by atoms with E-state index in [1.807, 2.05) is 48.5 Å². The molecule has 1 saturated heterocycles. The molecule has 2 atom stereocenters. The fourth-order valence-corrected chi connectivity index (χ4v) is 4.47. The summed E-state index contributed by atoms with van der Waals surface area (Å²) < 4.78 is 5.66. The number of ether oxygens (including phenoxy) is 1. The molecular formula is C28H43ClN4O5. The Morgan fingerprint density at radius 1 is 1.16 bits per heavy atom. The summed E-state index contributed by atoms with van der Waals surface area (Å²) in [6.45, 7) is 13.5. The van der Waals surface area contributed by atoms with E-state index < -0.39 is 23.5 Å². The quantitative estimate of drug-likeness (QED) is 0.462. The number of benzene rings is 1. The Morgan fingerprint density at radius 2 is 1.82 bits per heavy atom. The number of nitrogens with zero attached hydrogens (tertiary/aromatic N) is 2. The molecule has 0 radical (unpaired) electrons. The Hall–Kier alpha value is -2.81. The Bertz CT molecular complexity index is 1020. The summed E-state index contributed by atoms with van der Waals surface area (Å²) in [7, 11) is 1.74. The highest BCUT2D eigenvalue weighted by molar-refractivity contribution is 6.30. The molecule has 0 saturated carbocycles. The van der Waals surface area contributed by atoms with E-state index in [1.165, 1.54) is 12.1 Å². The van der Waals surface area contributed by atoms with Gasteiger partial charge in [-0.05, 0) is 78.0 Å². The van der Waals surface area contributed by atoms with Crippen molar-refractivity contribution in [3.05, 3.63) is 28.8 Å². The van der Waals surface area contributed by atoms with Gasteiger partial charge < -0.3 is 25.2 Å². The fraction of sp³-hybridized carbons (Fsp3) is 0.643. The average Bonchev–Trinajstić information content (AvgIpc) is 3.29. The van der Waals surface area contributed by atoms with Crippen LogP contribution in [0.4, 0.5) is 0 Å². The van der Waals surface area contributed by atoms with E-state index in [0.717, 1.165) is 6.42 Å². The number of halogens is 1. The Labute approximate surface area is 231 Å². The van der Waals surface area contributed by atoms with Gasteiger partial charge in [0.25, 0.3) is 11.8 Å². The number of likely N-dealkylation sites (tertiary alicyclic amines) is 1. The van der Waals surface area contributed by atoms with E-state index in [1.54, 1.807) is 22.9 Å². The predicted octanol–water partition coefficient (Wildman–Crippen LogP) is 3.64. The van der Waals surface area contributed by atoms with E-state index >= 15 is 0 Å². The summed E-state index contributed by atoms with van der Waals surface area (Å²) in [6.07, 6.45) is 1.72.